The number of anilines is 1. The monoisotopic (exact) mass is 284 g/mol. The summed E-state index contributed by atoms with van der Waals surface area (Å²) in [6, 6.07) is 4.87. The second-order valence-electron chi connectivity index (χ2n) is 4.65. The van der Waals surface area contributed by atoms with Crippen molar-refractivity contribution in [1.29, 1.82) is 0 Å². The summed E-state index contributed by atoms with van der Waals surface area (Å²) >= 11 is 5.92. The maximum absolute atomic E-state index is 10.8. The number of benzene rings is 1. The molecule has 6 heteroatoms. The SMILES string of the molecule is COC1CCCN(c2ccc([N+](=O)[O-])cc2CCl)C1. The van der Waals surface area contributed by atoms with E-state index >= 15 is 0 Å². The van der Waals surface area contributed by atoms with Crippen LogP contribution in [0.25, 0.3) is 0 Å². The third-order valence-corrected chi connectivity index (χ3v) is 3.76. The predicted octanol–water partition coefficient (Wildman–Crippen LogP) is 2.95. The second-order valence-corrected chi connectivity index (χ2v) is 4.92. The van der Waals surface area contributed by atoms with Crippen LogP contribution in [-0.2, 0) is 10.6 Å². The largest absolute Gasteiger partial charge is 0.380 e. The highest BCUT2D eigenvalue weighted by Crippen LogP contribution is 2.29. The van der Waals surface area contributed by atoms with E-state index in [9.17, 15) is 10.1 Å². The molecule has 2 rings (SSSR count). The van der Waals surface area contributed by atoms with E-state index < -0.39 is 4.92 Å². The van der Waals surface area contributed by atoms with Gasteiger partial charge >= 0.3 is 0 Å². The minimum Gasteiger partial charge on any atom is -0.380 e. The third-order valence-electron chi connectivity index (χ3n) is 3.47. The number of alkyl halides is 1. The maximum atomic E-state index is 10.8. The molecule has 0 N–H and O–H groups in total. The van der Waals surface area contributed by atoms with E-state index in [2.05, 4.69) is 4.90 Å². The molecule has 19 heavy (non-hydrogen) atoms. The van der Waals surface area contributed by atoms with Gasteiger partial charge in [0, 0.05) is 43.9 Å². The molecule has 1 atom stereocenters. The lowest BCUT2D eigenvalue weighted by Gasteiger charge is -2.34. The fourth-order valence-corrected chi connectivity index (χ4v) is 2.66. The lowest BCUT2D eigenvalue weighted by Crippen LogP contribution is -2.39. The van der Waals surface area contributed by atoms with Crippen molar-refractivity contribution < 1.29 is 9.66 Å². The van der Waals surface area contributed by atoms with Crippen LogP contribution in [0.5, 0.6) is 0 Å². The molecule has 0 bridgehead atoms. The van der Waals surface area contributed by atoms with E-state index in [1.54, 1.807) is 19.2 Å². The van der Waals surface area contributed by atoms with Gasteiger partial charge < -0.3 is 9.64 Å². The molecule has 0 aromatic heterocycles. The molecule has 0 spiro atoms. The maximum Gasteiger partial charge on any atom is 0.269 e. The number of ether oxygens (including phenoxy) is 1. The van der Waals surface area contributed by atoms with Crippen molar-refractivity contribution in [1.82, 2.24) is 0 Å². The average molecular weight is 285 g/mol. The quantitative estimate of drug-likeness (QED) is 0.484. The van der Waals surface area contributed by atoms with Crippen molar-refractivity contribution in [2.75, 3.05) is 25.1 Å². The summed E-state index contributed by atoms with van der Waals surface area (Å²) in [7, 11) is 1.71. The summed E-state index contributed by atoms with van der Waals surface area (Å²) in [5, 5.41) is 10.8. The van der Waals surface area contributed by atoms with Crippen molar-refractivity contribution >= 4 is 23.0 Å². The highest BCUT2D eigenvalue weighted by atomic mass is 35.5. The van der Waals surface area contributed by atoms with Gasteiger partial charge in [0.25, 0.3) is 5.69 Å². The van der Waals surface area contributed by atoms with Gasteiger partial charge in [0.2, 0.25) is 0 Å². The first-order valence-corrected chi connectivity index (χ1v) is 6.80. The number of halogens is 1. The number of hydrogen-bond donors (Lipinski definition) is 0. The van der Waals surface area contributed by atoms with Crippen LogP contribution in [0.1, 0.15) is 18.4 Å². The van der Waals surface area contributed by atoms with Crippen LogP contribution in [0, 0.1) is 10.1 Å². The molecule has 104 valence electrons. The van der Waals surface area contributed by atoms with E-state index in [1.807, 2.05) is 0 Å². The first kappa shape index (κ1) is 14.1. The zero-order valence-corrected chi connectivity index (χ0v) is 11.6. The summed E-state index contributed by atoms with van der Waals surface area (Å²) in [5.41, 5.74) is 1.86. The Morgan fingerprint density at radius 3 is 3.00 bits per heavy atom. The second kappa shape index (κ2) is 6.21. The van der Waals surface area contributed by atoms with Gasteiger partial charge in [-0.25, -0.2) is 0 Å². The van der Waals surface area contributed by atoms with Crippen LogP contribution in [0.15, 0.2) is 18.2 Å². The molecule has 1 aromatic rings. The summed E-state index contributed by atoms with van der Waals surface area (Å²) in [4.78, 5) is 12.6. The Labute approximate surface area is 117 Å². The van der Waals surface area contributed by atoms with Gasteiger partial charge in [-0.2, -0.15) is 0 Å². The highest BCUT2D eigenvalue weighted by Gasteiger charge is 2.22. The number of non-ortho nitro benzene ring substituents is 1. The normalized spacial score (nSPS) is 19.5. The zero-order chi connectivity index (χ0) is 13.8. The van der Waals surface area contributed by atoms with E-state index in [0.29, 0.717) is 0 Å². The number of nitro groups is 1. The first-order chi connectivity index (χ1) is 9.15. The van der Waals surface area contributed by atoms with Crippen LogP contribution in [0.3, 0.4) is 0 Å². The summed E-state index contributed by atoms with van der Waals surface area (Å²) in [5.74, 6) is 0.269. The molecule has 0 amide bonds. The summed E-state index contributed by atoms with van der Waals surface area (Å²) < 4.78 is 5.40. The Hall–Kier alpha value is -1.33. The number of rotatable bonds is 4. The zero-order valence-electron chi connectivity index (χ0n) is 10.8. The average Bonchev–Trinajstić information content (AvgIpc) is 2.46. The molecule has 1 heterocycles. The van der Waals surface area contributed by atoms with Crippen molar-refractivity contribution in [2.24, 2.45) is 0 Å². The molecule has 1 aliphatic rings. The van der Waals surface area contributed by atoms with Crippen molar-refractivity contribution in [3.63, 3.8) is 0 Å². The fourth-order valence-electron chi connectivity index (χ4n) is 2.45. The molecule has 1 saturated heterocycles. The van der Waals surface area contributed by atoms with Gasteiger partial charge in [-0.3, -0.25) is 10.1 Å². The standard InChI is InChI=1S/C13H17ClN2O3/c1-19-12-3-2-6-15(9-12)13-5-4-11(16(17)18)7-10(13)8-14/h4-5,7,12H,2-3,6,8-9H2,1H3. The molecular weight excluding hydrogens is 268 g/mol. The van der Waals surface area contributed by atoms with Crippen molar-refractivity contribution in [3.05, 3.63) is 33.9 Å². The topological polar surface area (TPSA) is 55.6 Å². The van der Waals surface area contributed by atoms with Crippen LogP contribution in [0.4, 0.5) is 11.4 Å². The van der Waals surface area contributed by atoms with Gasteiger partial charge in [0.1, 0.15) is 0 Å². The van der Waals surface area contributed by atoms with Gasteiger partial charge in [-0.05, 0) is 24.5 Å². The van der Waals surface area contributed by atoms with E-state index in [0.717, 1.165) is 37.2 Å². The molecular formula is C13H17ClN2O3. The number of hydrogen-bond acceptors (Lipinski definition) is 4. The van der Waals surface area contributed by atoms with Gasteiger partial charge in [0.05, 0.1) is 11.0 Å². The Kier molecular flexibility index (Phi) is 4.61. The summed E-state index contributed by atoms with van der Waals surface area (Å²) in [6.07, 6.45) is 2.32. The van der Waals surface area contributed by atoms with Crippen molar-refractivity contribution in [2.45, 2.75) is 24.8 Å². The number of piperidine rings is 1. The van der Waals surface area contributed by atoms with E-state index in [4.69, 9.17) is 16.3 Å². The minimum atomic E-state index is -0.395. The van der Waals surface area contributed by atoms with Gasteiger partial charge in [0.15, 0.2) is 0 Å². The molecule has 1 aliphatic heterocycles. The Morgan fingerprint density at radius 2 is 2.37 bits per heavy atom. The fraction of sp³-hybridized carbons (Fsp3) is 0.538. The van der Waals surface area contributed by atoms with Crippen LogP contribution in [0.2, 0.25) is 0 Å². The lowest BCUT2D eigenvalue weighted by atomic mass is 10.1. The van der Waals surface area contributed by atoms with Gasteiger partial charge in [-0.1, -0.05) is 0 Å². The molecule has 0 aliphatic carbocycles. The number of methoxy groups -OCH3 is 1. The minimum absolute atomic E-state index is 0.0831. The van der Waals surface area contributed by atoms with Crippen LogP contribution >= 0.6 is 11.6 Å². The number of nitro benzene ring substituents is 1. The Morgan fingerprint density at radius 1 is 1.58 bits per heavy atom. The molecule has 1 fully saturated rings. The van der Waals surface area contributed by atoms with Crippen molar-refractivity contribution in [3.8, 4) is 0 Å². The molecule has 1 unspecified atom stereocenters. The molecule has 0 radical (unpaired) electrons. The number of nitrogens with zero attached hydrogens (tertiary/aromatic N) is 2. The molecule has 5 nitrogen and oxygen atoms in total. The van der Waals surface area contributed by atoms with Crippen LogP contribution in [-0.4, -0.2) is 31.2 Å². The molecule has 0 saturated carbocycles. The first-order valence-electron chi connectivity index (χ1n) is 6.26. The summed E-state index contributed by atoms with van der Waals surface area (Å²) in [6.45, 7) is 1.74. The Balaban J connectivity index is 2.26. The van der Waals surface area contributed by atoms with Crippen LogP contribution < -0.4 is 4.90 Å². The Bertz CT molecular complexity index is 467. The third kappa shape index (κ3) is 3.16. The van der Waals surface area contributed by atoms with Gasteiger partial charge in [-0.15, -0.1) is 11.6 Å². The molecule has 1 aromatic carbocycles. The van der Waals surface area contributed by atoms with E-state index in [-0.39, 0.29) is 17.7 Å². The predicted molar refractivity (Wildman–Crippen MR) is 74.9 cm³/mol. The van der Waals surface area contributed by atoms with E-state index in [1.165, 1.54) is 6.07 Å². The highest BCUT2D eigenvalue weighted by molar-refractivity contribution is 6.17. The smallest absolute Gasteiger partial charge is 0.269 e. The lowest BCUT2D eigenvalue weighted by molar-refractivity contribution is -0.384.